The summed E-state index contributed by atoms with van der Waals surface area (Å²) < 4.78 is 11.7. The fourth-order valence-electron chi connectivity index (χ4n) is 2.34. The van der Waals surface area contributed by atoms with Gasteiger partial charge in [0.1, 0.15) is 6.10 Å². The van der Waals surface area contributed by atoms with Gasteiger partial charge in [0.15, 0.2) is 5.79 Å². The monoisotopic (exact) mass is 224 g/mol. The van der Waals surface area contributed by atoms with Crippen LogP contribution >= 0.6 is 0 Å². The van der Waals surface area contributed by atoms with E-state index in [0.29, 0.717) is 0 Å². The summed E-state index contributed by atoms with van der Waals surface area (Å²) in [4.78, 5) is 0. The maximum Gasteiger partial charge on any atom is 0.164 e. The zero-order chi connectivity index (χ0) is 12.3. The van der Waals surface area contributed by atoms with Crippen molar-refractivity contribution in [3.8, 4) is 0 Å². The molecule has 0 spiro atoms. The maximum atomic E-state index is 5.88. The van der Waals surface area contributed by atoms with Crippen molar-refractivity contribution in [2.45, 2.75) is 65.5 Å². The van der Waals surface area contributed by atoms with E-state index in [1.165, 1.54) is 11.1 Å². The summed E-state index contributed by atoms with van der Waals surface area (Å²) in [5.74, 6) is -0.436. The van der Waals surface area contributed by atoms with Crippen LogP contribution in [0.2, 0.25) is 0 Å². The minimum Gasteiger partial charge on any atom is -0.344 e. The van der Waals surface area contributed by atoms with Crippen LogP contribution in [0.4, 0.5) is 0 Å². The van der Waals surface area contributed by atoms with Crippen molar-refractivity contribution in [2.24, 2.45) is 0 Å². The summed E-state index contributed by atoms with van der Waals surface area (Å²) in [6.07, 6.45) is 4.49. The van der Waals surface area contributed by atoms with Crippen LogP contribution in [0.25, 0.3) is 0 Å². The predicted octanol–water partition coefficient (Wildman–Crippen LogP) is 3.83. The Balaban J connectivity index is 0.000000606. The first-order valence-corrected chi connectivity index (χ1v) is 6.23. The van der Waals surface area contributed by atoms with Crippen LogP contribution in [0.3, 0.4) is 0 Å². The van der Waals surface area contributed by atoms with E-state index in [0.717, 1.165) is 12.8 Å². The molecule has 1 aliphatic heterocycles. The molecule has 0 radical (unpaired) electrons. The Morgan fingerprint density at radius 1 is 1.31 bits per heavy atom. The highest BCUT2D eigenvalue weighted by Crippen LogP contribution is 2.41. The second-order valence-corrected chi connectivity index (χ2v) is 4.48. The first-order chi connectivity index (χ1) is 7.53. The summed E-state index contributed by atoms with van der Waals surface area (Å²) in [5.41, 5.74) is 2.43. The van der Waals surface area contributed by atoms with Gasteiger partial charge in [0.25, 0.3) is 0 Å². The van der Waals surface area contributed by atoms with E-state index < -0.39 is 5.79 Å². The lowest BCUT2D eigenvalue weighted by Gasteiger charge is -2.27. The molecular formula is C14H24O2. The molecule has 1 saturated carbocycles. The fraction of sp³-hybridized carbons (Fsp3) is 0.714. The highest BCUT2D eigenvalue weighted by molar-refractivity contribution is 5.36. The average Bonchev–Trinajstić information content (AvgIpc) is 2.55. The topological polar surface area (TPSA) is 18.5 Å². The summed E-state index contributed by atoms with van der Waals surface area (Å²) >= 11 is 0. The summed E-state index contributed by atoms with van der Waals surface area (Å²) in [6.45, 7) is 14.1. The molecule has 92 valence electrons. The average molecular weight is 224 g/mol. The SMILES string of the molecule is C=C1CCC2OC(C)(C)OC2/C1=C/C.CC. The Bertz CT molecular complexity index is 289. The Kier molecular flexibility index (Phi) is 4.34. The molecule has 2 fully saturated rings. The van der Waals surface area contributed by atoms with Gasteiger partial charge in [-0.2, -0.15) is 0 Å². The Hall–Kier alpha value is -0.600. The van der Waals surface area contributed by atoms with E-state index >= 15 is 0 Å². The Morgan fingerprint density at radius 2 is 1.94 bits per heavy atom. The van der Waals surface area contributed by atoms with Gasteiger partial charge in [-0.25, -0.2) is 0 Å². The van der Waals surface area contributed by atoms with Crippen LogP contribution in [0, 0.1) is 0 Å². The molecule has 0 bridgehead atoms. The van der Waals surface area contributed by atoms with Gasteiger partial charge in [-0.1, -0.05) is 26.5 Å². The molecule has 0 amide bonds. The molecular weight excluding hydrogens is 200 g/mol. The molecule has 1 saturated heterocycles. The third-order valence-corrected chi connectivity index (χ3v) is 2.94. The number of hydrogen-bond acceptors (Lipinski definition) is 2. The molecule has 2 rings (SSSR count). The van der Waals surface area contributed by atoms with E-state index in [-0.39, 0.29) is 12.2 Å². The van der Waals surface area contributed by atoms with Crippen molar-refractivity contribution < 1.29 is 9.47 Å². The normalized spacial score (nSPS) is 34.3. The fourth-order valence-corrected chi connectivity index (χ4v) is 2.34. The lowest BCUT2D eigenvalue weighted by Crippen LogP contribution is -2.29. The van der Waals surface area contributed by atoms with Crippen LogP contribution < -0.4 is 0 Å². The lowest BCUT2D eigenvalue weighted by atomic mass is 9.86. The Morgan fingerprint density at radius 3 is 2.50 bits per heavy atom. The molecule has 2 heteroatoms. The number of allylic oxidation sites excluding steroid dienone is 1. The molecule has 1 heterocycles. The van der Waals surface area contributed by atoms with Crippen molar-refractivity contribution in [2.75, 3.05) is 0 Å². The molecule has 0 N–H and O–H groups in total. The van der Waals surface area contributed by atoms with Gasteiger partial charge < -0.3 is 9.47 Å². The number of fused-ring (bicyclic) bond motifs is 1. The first-order valence-electron chi connectivity index (χ1n) is 6.23. The highest BCUT2D eigenvalue weighted by Gasteiger charge is 2.45. The molecule has 16 heavy (non-hydrogen) atoms. The third kappa shape index (κ3) is 2.55. The van der Waals surface area contributed by atoms with Crippen LogP contribution in [-0.4, -0.2) is 18.0 Å². The molecule has 1 aliphatic carbocycles. The van der Waals surface area contributed by atoms with Crippen molar-refractivity contribution in [3.05, 3.63) is 23.8 Å². The maximum absolute atomic E-state index is 5.88. The van der Waals surface area contributed by atoms with Gasteiger partial charge in [-0.05, 0) is 44.8 Å². The van der Waals surface area contributed by atoms with Crippen molar-refractivity contribution in [1.82, 2.24) is 0 Å². The zero-order valence-electron chi connectivity index (χ0n) is 11.2. The molecule has 2 atom stereocenters. The second-order valence-electron chi connectivity index (χ2n) is 4.48. The van der Waals surface area contributed by atoms with E-state index in [1.54, 1.807) is 0 Å². The zero-order valence-corrected chi connectivity index (χ0v) is 11.2. The second kappa shape index (κ2) is 5.15. The van der Waals surface area contributed by atoms with E-state index in [4.69, 9.17) is 9.47 Å². The smallest absolute Gasteiger partial charge is 0.164 e. The molecule has 0 aromatic carbocycles. The van der Waals surface area contributed by atoms with Crippen LogP contribution in [-0.2, 0) is 9.47 Å². The largest absolute Gasteiger partial charge is 0.344 e. The van der Waals surface area contributed by atoms with Gasteiger partial charge in [-0.15, -0.1) is 0 Å². The first kappa shape index (κ1) is 13.5. The minimum absolute atomic E-state index is 0.108. The van der Waals surface area contributed by atoms with Gasteiger partial charge in [0.05, 0.1) is 6.10 Å². The summed E-state index contributed by atoms with van der Waals surface area (Å²) in [5, 5.41) is 0. The van der Waals surface area contributed by atoms with E-state index in [2.05, 4.69) is 12.7 Å². The minimum atomic E-state index is -0.436. The predicted molar refractivity (Wildman–Crippen MR) is 67.3 cm³/mol. The number of rotatable bonds is 0. The van der Waals surface area contributed by atoms with Crippen LogP contribution in [0.15, 0.2) is 23.8 Å². The third-order valence-electron chi connectivity index (χ3n) is 2.94. The highest BCUT2D eigenvalue weighted by atomic mass is 16.7. The standard InChI is InChI=1S/C12H18O2.C2H6/c1-5-9-8(2)6-7-10-11(9)14-12(3,4)13-10;1-2/h5,10-11H,2,6-7H2,1,3-4H3;1-2H3/b9-5+;. The van der Waals surface area contributed by atoms with Gasteiger partial charge in [0.2, 0.25) is 0 Å². The number of hydrogen-bond donors (Lipinski definition) is 0. The van der Waals surface area contributed by atoms with Crippen molar-refractivity contribution >= 4 is 0 Å². The van der Waals surface area contributed by atoms with Gasteiger partial charge in [0, 0.05) is 0 Å². The van der Waals surface area contributed by atoms with Crippen LogP contribution in [0.5, 0.6) is 0 Å². The van der Waals surface area contributed by atoms with E-state index in [1.807, 2.05) is 34.6 Å². The van der Waals surface area contributed by atoms with Crippen molar-refractivity contribution in [1.29, 1.82) is 0 Å². The van der Waals surface area contributed by atoms with Crippen LogP contribution in [0.1, 0.15) is 47.5 Å². The van der Waals surface area contributed by atoms with Gasteiger partial charge in [-0.3, -0.25) is 0 Å². The quantitative estimate of drug-likeness (QED) is 0.622. The molecule has 2 aliphatic rings. The molecule has 2 unspecified atom stereocenters. The number of ether oxygens (including phenoxy) is 2. The van der Waals surface area contributed by atoms with E-state index in [9.17, 15) is 0 Å². The summed E-state index contributed by atoms with van der Waals surface area (Å²) in [6, 6.07) is 0. The van der Waals surface area contributed by atoms with Gasteiger partial charge >= 0.3 is 0 Å². The lowest BCUT2D eigenvalue weighted by molar-refractivity contribution is -0.143. The molecule has 2 nitrogen and oxygen atoms in total. The van der Waals surface area contributed by atoms with Crippen molar-refractivity contribution in [3.63, 3.8) is 0 Å². The summed E-state index contributed by atoms with van der Waals surface area (Å²) in [7, 11) is 0. The molecule has 0 aromatic rings. The molecule has 0 aromatic heterocycles. The Labute approximate surface area is 99.3 Å².